The lowest BCUT2D eigenvalue weighted by Crippen LogP contribution is -2.17. The number of nitrogen functional groups attached to an aromatic ring is 1. The summed E-state index contributed by atoms with van der Waals surface area (Å²) in [6.45, 7) is 0. The number of hydrogen-bond acceptors (Lipinski definition) is 4. The zero-order valence-corrected chi connectivity index (χ0v) is 9.98. The monoisotopic (exact) mass is 282 g/mol. The molecule has 1 aromatic heterocycles. The standard InChI is InChI=1S/C12H9F3N4O/c13-6-1-3-7(4-2-6)18-12(20)9-11(16)19-8(5-17-9)10(14)15/h1-5,10H,(H2,16,19)(H,18,20). The Labute approximate surface area is 111 Å². The minimum Gasteiger partial charge on any atom is -0.382 e. The molecule has 1 heterocycles. The highest BCUT2D eigenvalue weighted by atomic mass is 19.3. The number of carbonyl (C=O) groups excluding carboxylic acids is 1. The first-order valence-corrected chi connectivity index (χ1v) is 5.45. The predicted octanol–water partition coefficient (Wildman–Crippen LogP) is 2.39. The van der Waals surface area contributed by atoms with Crippen LogP contribution in [0, 0.1) is 5.82 Å². The first kappa shape index (κ1) is 13.8. The Morgan fingerprint density at radius 3 is 2.45 bits per heavy atom. The van der Waals surface area contributed by atoms with Crippen LogP contribution in [0.2, 0.25) is 0 Å². The Bertz CT molecular complexity index is 631. The van der Waals surface area contributed by atoms with Crippen LogP contribution in [-0.2, 0) is 0 Å². The van der Waals surface area contributed by atoms with Crippen molar-refractivity contribution in [3.05, 3.63) is 47.7 Å². The molecule has 3 N–H and O–H groups in total. The second-order valence-corrected chi connectivity index (χ2v) is 3.79. The number of alkyl halides is 2. The summed E-state index contributed by atoms with van der Waals surface area (Å²) >= 11 is 0. The van der Waals surface area contributed by atoms with E-state index in [1.807, 2.05) is 0 Å². The van der Waals surface area contributed by atoms with Crippen LogP contribution in [0.4, 0.5) is 24.7 Å². The van der Waals surface area contributed by atoms with Crippen molar-refractivity contribution in [3.63, 3.8) is 0 Å². The van der Waals surface area contributed by atoms with Crippen LogP contribution >= 0.6 is 0 Å². The molecule has 0 aliphatic carbocycles. The van der Waals surface area contributed by atoms with Crippen LogP contribution in [-0.4, -0.2) is 15.9 Å². The SMILES string of the molecule is Nc1nc(C(F)F)cnc1C(=O)Nc1ccc(F)cc1. The largest absolute Gasteiger partial charge is 0.382 e. The lowest BCUT2D eigenvalue weighted by atomic mass is 10.3. The van der Waals surface area contributed by atoms with Gasteiger partial charge < -0.3 is 11.1 Å². The fourth-order valence-corrected chi connectivity index (χ4v) is 1.42. The van der Waals surface area contributed by atoms with Gasteiger partial charge in [-0.1, -0.05) is 0 Å². The second kappa shape index (κ2) is 5.55. The van der Waals surface area contributed by atoms with Gasteiger partial charge in [-0.05, 0) is 24.3 Å². The Balaban J connectivity index is 2.19. The van der Waals surface area contributed by atoms with Gasteiger partial charge in [0.2, 0.25) is 0 Å². The molecule has 5 nitrogen and oxygen atoms in total. The fraction of sp³-hybridized carbons (Fsp3) is 0.0833. The first-order chi connectivity index (χ1) is 9.47. The summed E-state index contributed by atoms with van der Waals surface area (Å²) < 4.78 is 37.4. The Morgan fingerprint density at radius 2 is 1.90 bits per heavy atom. The maximum atomic E-state index is 12.7. The summed E-state index contributed by atoms with van der Waals surface area (Å²) in [7, 11) is 0. The molecule has 0 spiro atoms. The van der Waals surface area contributed by atoms with E-state index in [0.717, 1.165) is 18.3 Å². The third kappa shape index (κ3) is 3.02. The normalized spacial score (nSPS) is 10.6. The number of hydrogen-bond donors (Lipinski definition) is 2. The molecule has 0 bridgehead atoms. The first-order valence-electron chi connectivity index (χ1n) is 5.45. The zero-order valence-electron chi connectivity index (χ0n) is 9.98. The number of nitrogens with one attached hydrogen (secondary N) is 1. The summed E-state index contributed by atoms with van der Waals surface area (Å²) in [6, 6.07) is 4.99. The lowest BCUT2D eigenvalue weighted by Gasteiger charge is -2.07. The van der Waals surface area contributed by atoms with Gasteiger partial charge in [0.1, 0.15) is 11.5 Å². The number of carbonyl (C=O) groups is 1. The molecule has 2 rings (SSSR count). The molecule has 0 saturated carbocycles. The molecule has 0 unspecified atom stereocenters. The summed E-state index contributed by atoms with van der Waals surface area (Å²) in [5.74, 6) is -1.58. The van der Waals surface area contributed by atoms with E-state index >= 15 is 0 Å². The van der Waals surface area contributed by atoms with Crippen molar-refractivity contribution >= 4 is 17.4 Å². The average Bonchev–Trinajstić information content (AvgIpc) is 2.41. The van der Waals surface area contributed by atoms with Gasteiger partial charge in [-0.15, -0.1) is 0 Å². The van der Waals surface area contributed by atoms with Crippen molar-refractivity contribution in [2.75, 3.05) is 11.1 Å². The highest BCUT2D eigenvalue weighted by Crippen LogP contribution is 2.18. The van der Waals surface area contributed by atoms with Crippen LogP contribution < -0.4 is 11.1 Å². The van der Waals surface area contributed by atoms with Gasteiger partial charge in [0.05, 0.1) is 6.20 Å². The van der Waals surface area contributed by atoms with E-state index in [-0.39, 0.29) is 5.69 Å². The average molecular weight is 282 g/mol. The van der Waals surface area contributed by atoms with Gasteiger partial charge in [0, 0.05) is 5.69 Å². The molecule has 0 fully saturated rings. The third-order valence-corrected chi connectivity index (χ3v) is 2.36. The smallest absolute Gasteiger partial charge is 0.281 e. The maximum Gasteiger partial charge on any atom is 0.281 e. The highest BCUT2D eigenvalue weighted by Gasteiger charge is 2.17. The molecule has 1 amide bonds. The van der Waals surface area contributed by atoms with E-state index in [1.54, 1.807) is 0 Å². The van der Waals surface area contributed by atoms with Crippen LogP contribution in [0.5, 0.6) is 0 Å². The highest BCUT2D eigenvalue weighted by molar-refractivity contribution is 6.05. The van der Waals surface area contributed by atoms with Crippen LogP contribution in [0.25, 0.3) is 0 Å². The van der Waals surface area contributed by atoms with E-state index < -0.39 is 29.7 Å². The van der Waals surface area contributed by atoms with Crippen molar-refractivity contribution in [3.8, 4) is 0 Å². The number of aromatic nitrogens is 2. The molecule has 1 aromatic carbocycles. The number of anilines is 2. The van der Waals surface area contributed by atoms with E-state index in [1.165, 1.54) is 12.1 Å². The summed E-state index contributed by atoms with van der Waals surface area (Å²) in [4.78, 5) is 18.8. The van der Waals surface area contributed by atoms with Crippen molar-refractivity contribution < 1.29 is 18.0 Å². The van der Waals surface area contributed by atoms with E-state index in [9.17, 15) is 18.0 Å². The molecule has 0 atom stereocenters. The number of nitrogens with zero attached hydrogens (tertiary/aromatic N) is 2. The predicted molar refractivity (Wildman–Crippen MR) is 65.8 cm³/mol. The molecule has 2 aromatic rings. The van der Waals surface area contributed by atoms with Crippen molar-refractivity contribution in [1.82, 2.24) is 9.97 Å². The lowest BCUT2D eigenvalue weighted by molar-refractivity contribution is 0.102. The van der Waals surface area contributed by atoms with Gasteiger partial charge in [-0.2, -0.15) is 0 Å². The third-order valence-electron chi connectivity index (χ3n) is 2.36. The molecule has 0 aliphatic heterocycles. The quantitative estimate of drug-likeness (QED) is 0.905. The zero-order chi connectivity index (χ0) is 14.7. The Kier molecular flexibility index (Phi) is 3.83. The van der Waals surface area contributed by atoms with E-state index in [0.29, 0.717) is 5.69 Å². The van der Waals surface area contributed by atoms with Crippen molar-refractivity contribution in [1.29, 1.82) is 0 Å². The number of rotatable bonds is 3. The Hall–Kier alpha value is -2.64. The number of amides is 1. The number of nitrogens with two attached hydrogens (primary N) is 1. The van der Waals surface area contributed by atoms with Crippen LogP contribution in [0.15, 0.2) is 30.5 Å². The second-order valence-electron chi connectivity index (χ2n) is 3.79. The van der Waals surface area contributed by atoms with Gasteiger partial charge in [0.15, 0.2) is 11.5 Å². The van der Waals surface area contributed by atoms with Crippen molar-refractivity contribution in [2.45, 2.75) is 6.43 Å². The summed E-state index contributed by atoms with van der Waals surface area (Å²) in [5, 5.41) is 2.40. The molecule has 0 radical (unpaired) electrons. The van der Waals surface area contributed by atoms with Crippen LogP contribution in [0.1, 0.15) is 22.6 Å². The van der Waals surface area contributed by atoms with Gasteiger partial charge in [0.25, 0.3) is 12.3 Å². The molecule has 0 aliphatic rings. The molecular weight excluding hydrogens is 273 g/mol. The molecule has 104 valence electrons. The van der Waals surface area contributed by atoms with E-state index in [4.69, 9.17) is 5.73 Å². The Morgan fingerprint density at radius 1 is 1.25 bits per heavy atom. The minimum atomic E-state index is -2.82. The minimum absolute atomic E-state index is 0.279. The fourth-order valence-electron chi connectivity index (χ4n) is 1.42. The summed E-state index contributed by atoms with van der Waals surface area (Å²) in [5.41, 5.74) is 4.84. The summed E-state index contributed by atoms with van der Waals surface area (Å²) in [6.07, 6.45) is -2.04. The van der Waals surface area contributed by atoms with Crippen LogP contribution in [0.3, 0.4) is 0 Å². The molecular formula is C12H9F3N4O. The van der Waals surface area contributed by atoms with Gasteiger partial charge >= 0.3 is 0 Å². The molecule has 0 saturated heterocycles. The maximum absolute atomic E-state index is 12.7. The number of halogens is 3. The van der Waals surface area contributed by atoms with Gasteiger partial charge in [-0.25, -0.2) is 23.1 Å². The van der Waals surface area contributed by atoms with Crippen molar-refractivity contribution in [2.24, 2.45) is 0 Å². The van der Waals surface area contributed by atoms with E-state index in [2.05, 4.69) is 15.3 Å². The number of benzene rings is 1. The van der Waals surface area contributed by atoms with Gasteiger partial charge in [-0.3, -0.25) is 4.79 Å². The molecule has 20 heavy (non-hydrogen) atoms. The molecule has 8 heteroatoms. The topological polar surface area (TPSA) is 80.9 Å².